The lowest BCUT2D eigenvalue weighted by atomic mass is 9.90. The van der Waals surface area contributed by atoms with Crippen LogP contribution in [0, 0.1) is 0 Å². The first-order valence-electron chi connectivity index (χ1n) is 12.9. The molecule has 2 aromatic carbocycles. The van der Waals surface area contributed by atoms with Gasteiger partial charge in [0, 0.05) is 30.8 Å². The van der Waals surface area contributed by atoms with Gasteiger partial charge in [-0.3, -0.25) is 19.4 Å². The van der Waals surface area contributed by atoms with Gasteiger partial charge in [-0.25, -0.2) is 0 Å². The molecule has 2 amide bonds. The molecule has 1 N–H and O–H groups in total. The number of ketones is 1. The van der Waals surface area contributed by atoms with Gasteiger partial charge in [0.05, 0.1) is 12.2 Å². The van der Waals surface area contributed by atoms with Crippen molar-refractivity contribution < 1.29 is 19.5 Å². The van der Waals surface area contributed by atoms with E-state index in [1.807, 2.05) is 23.1 Å². The van der Waals surface area contributed by atoms with Crippen molar-refractivity contribution in [1.82, 2.24) is 14.8 Å². The van der Waals surface area contributed by atoms with Crippen LogP contribution in [-0.2, 0) is 29.1 Å². The van der Waals surface area contributed by atoms with E-state index in [1.54, 1.807) is 54.7 Å². The first-order valence-corrected chi connectivity index (χ1v) is 12.9. The third-order valence-corrected chi connectivity index (χ3v) is 7.45. The van der Waals surface area contributed by atoms with E-state index >= 15 is 0 Å². The lowest BCUT2D eigenvalue weighted by Crippen LogP contribution is -2.57. The van der Waals surface area contributed by atoms with Gasteiger partial charge in [-0.2, -0.15) is 0 Å². The van der Waals surface area contributed by atoms with E-state index < -0.39 is 17.7 Å². The van der Waals surface area contributed by atoms with Crippen LogP contribution in [0.5, 0.6) is 5.75 Å². The van der Waals surface area contributed by atoms with Crippen molar-refractivity contribution in [2.75, 3.05) is 0 Å². The standard InChI is InChI=1S/C30H31N3O4/c34-26-15-14-22-19-33(30(37)28(35)21-9-3-1-4-10-21)27(18-23(22)17-26)29(36)32(25-12-5-2-6-13-25)20-24-11-7-8-16-31-24/h1,3-4,7-11,14-17,25,27,34H,2,5-6,12-13,18-20H2/t27-/m1/s1. The monoisotopic (exact) mass is 497 g/mol. The summed E-state index contributed by atoms with van der Waals surface area (Å²) >= 11 is 0. The lowest BCUT2D eigenvalue weighted by molar-refractivity contribution is -0.147. The zero-order valence-corrected chi connectivity index (χ0v) is 20.8. The number of rotatable bonds is 6. The Kier molecular flexibility index (Phi) is 7.30. The summed E-state index contributed by atoms with van der Waals surface area (Å²) in [5.74, 6) is -1.39. The normalized spacial score (nSPS) is 17.6. The van der Waals surface area contributed by atoms with Crippen LogP contribution in [0.1, 0.15) is 59.3 Å². The van der Waals surface area contributed by atoms with Crippen LogP contribution in [-0.4, -0.2) is 49.6 Å². The van der Waals surface area contributed by atoms with Gasteiger partial charge < -0.3 is 14.9 Å². The number of Topliss-reactive ketones (excluding diaryl/α,β-unsaturated/α-hetero) is 1. The highest BCUT2D eigenvalue weighted by molar-refractivity contribution is 6.43. The van der Waals surface area contributed by atoms with E-state index in [9.17, 15) is 19.5 Å². The van der Waals surface area contributed by atoms with Crippen molar-refractivity contribution in [1.29, 1.82) is 0 Å². The fourth-order valence-corrected chi connectivity index (χ4v) is 5.48. The molecule has 0 spiro atoms. The summed E-state index contributed by atoms with van der Waals surface area (Å²) in [5.41, 5.74) is 2.72. The molecule has 7 nitrogen and oxygen atoms in total. The Labute approximate surface area is 216 Å². The van der Waals surface area contributed by atoms with Crippen LogP contribution < -0.4 is 0 Å². The summed E-state index contributed by atoms with van der Waals surface area (Å²) in [6, 6.07) is 18.3. The first-order chi connectivity index (χ1) is 18.0. The molecule has 2 aliphatic rings. The van der Waals surface area contributed by atoms with Crippen molar-refractivity contribution in [3.05, 3.63) is 95.3 Å². The summed E-state index contributed by atoms with van der Waals surface area (Å²) in [6.45, 7) is 0.480. The van der Waals surface area contributed by atoms with Gasteiger partial charge in [0.15, 0.2) is 0 Å². The Morgan fingerprint density at radius 2 is 1.68 bits per heavy atom. The fraction of sp³-hybridized carbons (Fsp3) is 0.333. The zero-order chi connectivity index (χ0) is 25.8. The van der Waals surface area contributed by atoms with Gasteiger partial charge >= 0.3 is 0 Å². The minimum absolute atomic E-state index is 0.0515. The fourth-order valence-electron chi connectivity index (χ4n) is 5.48. The van der Waals surface area contributed by atoms with Gasteiger partial charge in [0.1, 0.15) is 11.8 Å². The van der Waals surface area contributed by atoms with Crippen molar-refractivity contribution in [2.45, 2.75) is 63.7 Å². The molecule has 7 heteroatoms. The van der Waals surface area contributed by atoms with Crippen molar-refractivity contribution in [3.63, 3.8) is 0 Å². The van der Waals surface area contributed by atoms with Gasteiger partial charge in [-0.05, 0) is 48.2 Å². The SMILES string of the molecule is O=C(C(=O)N1Cc2ccc(O)cc2C[C@@H]1C(=O)N(Cc1ccccn1)C1CCCCC1)c1ccccc1. The lowest BCUT2D eigenvalue weighted by Gasteiger charge is -2.41. The molecule has 1 atom stereocenters. The topological polar surface area (TPSA) is 90.8 Å². The Morgan fingerprint density at radius 1 is 0.919 bits per heavy atom. The molecular weight excluding hydrogens is 466 g/mol. The molecule has 0 radical (unpaired) electrons. The highest BCUT2D eigenvalue weighted by Gasteiger charge is 2.41. The number of amides is 2. The van der Waals surface area contributed by atoms with Crippen LogP contribution in [0.25, 0.3) is 0 Å². The quantitative estimate of drug-likeness (QED) is 0.405. The van der Waals surface area contributed by atoms with Gasteiger partial charge in [0.25, 0.3) is 5.91 Å². The molecule has 0 bridgehead atoms. The molecule has 0 unspecified atom stereocenters. The molecular formula is C30H31N3O4. The second-order valence-electron chi connectivity index (χ2n) is 9.88. The van der Waals surface area contributed by atoms with Crippen LogP contribution in [0.2, 0.25) is 0 Å². The van der Waals surface area contributed by atoms with E-state index in [2.05, 4.69) is 4.98 Å². The molecule has 2 heterocycles. The van der Waals surface area contributed by atoms with Crippen LogP contribution in [0.15, 0.2) is 72.9 Å². The van der Waals surface area contributed by atoms with Crippen LogP contribution in [0.4, 0.5) is 0 Å². The second kappa shape index (κ2) is 10.9. The van der Waals surface area contributed by atoms with Crippen molar-refractivity contribution >= 4 is 17.6 Å². The number of benzene rings is 2. The maximum Gasteiger partial charge on any atom is 0.295 e. The molecule has 1 saturated carbocycles. The maximum absolute atomic E-state index is 14.3. The van der Waals surface area contributed by atoms with Crippen molar-refractivity contribution in [3.8, 4) is 5.75 Å². The summed E-state index contributed by atoms with van der Waals surface area (Å²) in [4.78, 5) is 48.8. The number of nitrogens with zero attached hydrogens (tertiary/aromatic N) is 3. The Balaban J connectivity index is 1.50. The average Bonchev–Trinajstić information content (AvgIpc) is 2.95. The van der Waals surface area contributed by atoms with E-state index in [1.165, 1.54) is 4.90 Å². The molecule has 3 aromatic rings. The number of phenols is 1. The van der Waals surface area contributed by atoms with E-state index in [-0.39, 0.29) is 30.7 Å². The summed E-state index contributed by atoms with van der Waals surface area (Å²) in [5, 5.41) is 10.1. The number of pyridine rings is 1. The number of carbonyl (C=O) groups excluding carboxylic acids is 3. The Hall–Kier alpha value is -4.00. The average molecular weight is 498 g/mol. The predicted molar refractivity (Wildman–Crippen MR) is 139 cm³/mol. The Morgan fingerprint density at radius 3 is 2.41 bits per heavy atom. The van der Waals surface area contributed by atoms with E-state index in [0.29, 0.717) is 12.1 Å². The molecule has 1 aliphatic heterocycles. The summed E-state index contributed by atoms with van der Waals surface area (Å²) < 4.78 is 0. The largest absolute Gasteiger partial charge is 0.508 e. The van der Waals surface area contributed by atoms with Crippen LogP contribution in [0.3, 0.4) is 0 Å². The maximum atomic E-state index is 14.3. The van der Waals surface area contributed by atoms with E-state index in [0.717, 1.165) is 48.9 Å². The first kappa shape index (κ1) is 24.7. The smallest absolute Gasteiger partial charge is 0.295 e. The van der Waals surface area contributed by atoms with Gasteiger partial charge in [-0.15, -0.1) is 0 Å². The molecule has 5 rings (SSSR count). The third kappa shape index (κ3) is 5.40. The van der Waals surface area contributed by atoms with Gasteiger partial charge in [-0.1, -0.05) is 61.7 Å². The number of hydrogen-bond acceptors (Lipinski definition) is 5. The molecule has 1 aliphatic carbocycles. The number of aromatic nitrogens is 1. The Bertz CT molecular complexity index is 1270. The zero-order valence-electron chi connectivity index (χ0n) is 20.8. The van der Waals surface area contributed by atoms with Crippen LogP contribution >= 0.6 is 0 Å². The highest BCUT2D eigenvalue weighted by Crippen LogP contribution is 2.31. The molecule has 1 fully saturated rings. The number of hydrogen-bond donors (Lipinski definition) is 1. The molecule has 37 heavy (non-hydrogen) atoms. The third-order valence-electron chi connectivity index (χ3n) is 7.45. The molecule has 0 saturated heterocycles. The van der Waals surface area contributed by atoms with Crippen molar-refractivity contribution in [2.24, 2.45) is 0 Å². The minimum atomic E-state index is -0.847. The minimum Gasteiger partial charge on any atom is -0.508 e. The highest BCUT2D eigenvalue weighted by atomic mass is 16.3. The number of aromatic hydroxyl groups is 1. The number of phenolic OH excluding ortho intramolecular Hbond substituents is 1. The summed E-state index contributed by atoms with van der Waals surface area (Å²) in [6.07, 6.45) is 7.00. The van der Waals surface area contributed by atoms with E-state index in [4.69, 9.17) is 0 Å². The molecule has 190 valence electrons. The predicted octanol–water partition coefficient (Wildman–Crippen LogP) is 4.28. The second-order valence-corrected chi connectivity index (χ2v) is 9.88. The number of fused-ring (bicyclic) bond motifs is 1. The summed E-state index contributed by atoms with van der Waals surface area (Å²) in [7, 11) is 0. The molecule has 1 aromatic heterocycles. The number of carbonyl (C=O) groups is 3. The van der Waals surface area contributed by atoms with Gasteiger partial charge in [0.2, 0.25) is 11.7 Å².